The van der Waals surface area contributed by atoms with Crippen LogP contribution >= 0.6 is 34.5 Å². The van der Waals surface area contributed by atoms with Crippen LogP contribution in [0.4, 0.5) is 19.0 Å². The molecule has 0 aliphatic carbocycles. The Morgan fingerprint density at radius 2 is 1.86 bits per heavy atom. The van der Waals surface area contributed by atoms with Crippen LogP contribution in [0.2, 0.25) is 10.0 Å². The van der Waals surface area contributed by atoms with Gasteiger partial charge in [0.05, 0.1) is 33.5 Å². The van der Waals surface area contributed by atoms with E-state index >= 15 is 0 Å². The third-order valence-electron chi connectivity index (χ3n) is 4.77. The molecule has 15 heteroatoms. The Hall–Kier alpha value is -2.87. The summed E-state index contributed by atoms with van der Waals surface area (Å²) in [6, 6.07) is -0.00688. The van der Waals surface area contributed by atoms with Gasteiger partial charge in [0.2, 0.25) is 0 Å². The van der Waals surface area contributed by atoms with Crippen LogP contribution in [0.5, 0.6) is 0 Å². The molecule has 0 saturated carbocycles. The van der Waals surface area contributed by atoms with Crippen molar-refractivity contribution in [3.63, 3.8) is 0 Å². The molecule has 3 N–H and O–H groups in total. The van der Waals surface area contributed by atoms with Gasteiger partial charge in [0.25, 0.3) is 11.8 Å². The van der Waals surface area contributed by atoms with Crippen molar-refractivity contribution in [1.29, 1.82) is 0 Å². The van der Waals surface area contributed by atoms with Gasteiger partial charge < -0.3 is 15.7 Å². The Labute approximate surface area is 217 Å². The molecule has 192 valence electrons. The molecule has 0 aliphatic rings. The fourth-order valence-electron chi connectivity index (χ4n) is 2.96. The number of amides is 2. The van der Waals surface area contributed by atoms with Crippen molar-refractivity contribution in [1.82, 2.24) is 25.3 Å². The van der Waals surface area contributed by atoms with E-state index in [0.717, 1.165) is 17.5 Å². The number of aliphatic hydroxyl groups excluding tert-OH is 1. The first-order valence-electron chi connectivity index (χ1n) is 10.4. The first kappa shape index (κ1) is 27.7. The fourth-order valence-corrected chi connectivity index (χ4v) is 4.27. The summed E-state index contributed by atoms with van der Waals surface area (Å²) in [7, 11) is 0. The molecular weight excluding hydrogens is 544 g/mol. The third-order valence-corrected chi connectivity index (χ3v) is 6.64. The molecule has 3 heterocycles. The van der Waals surface area contributed by atoms with Crippen LogP contribution in [0.15, 0.2) is 24.8 Å². The highest BCUT2D eigenvalue weighted by Gasteiger charge is 2.34. The zero-order valence-corrected chi connectivity index (χ0v) is 20.9. The van der Waals surface area contributed by atoms with Gasteiger partial charge in [-0.1, -0.05) is 23.2 Å². The molecule has 1 unspecified atom stereocenters. The van der Waals surface area contributed by atoms with Gasteiger partial charge in [-0.3, -0.25) is 9.59 Å². The highest BCUT2D eigenvalue weighted by atomic mass is 35.5. The van der Waals surface area contributed by atoms with Crippen LogP contribution < -0.4 is 10.6 Å². The minimum absolute atomic E-state index is 0.0266. The highest BCUT2D eigenvalue weighted by Crippen LogP contribution is 2.35. The molecule has 0 aliphatic heterocycles. The average Bonchev–Trinajstić information content (AvgIpc) is 3.31. The van der Waals surface area contributed by atoms with E-state index in [-0.39, 0.29) is 28.0 Å². The van der Waals surface area contributed by atoms with Crippen molar-refractivity contribution in [2.45, 2.75) is 38.4 Å². The summed E-state index contributed by atoms with van der Waals surface area (Å²) in [5, 5.41) is 13.8. The van der Waals surface area contributed by atoms with Crippen molar-refractivity contribution in [3.8, 4) is 0 Å². The van der Waals surface area contributed by atoms with Gasteiger partial charge in [0, 0.05) is 12.8 Å². The van der Waals surface area contributed by atoms with Crippen LogP contribution in [0, 0.1) is 0 Å². The number of alkyl halides is 3. The van der Waals surface area contributed by atoms with E-state index in [9.17, 15) is 22.8 Å². The lowest BCUT2D eigenvalue weighted by Crippen LogP contribution is -2.28. The number of aromatic nitrogens is 4. The first-order valence-corrected chi connectivity index (χ1v) is 12.0. The maximum absolute atomic E-state index is 13.0. The second kappa shape index (κ2) is 11.9. The molecule has 3 aromatic rings. The van der Waals surface area contributed by atoms with Gasteiger partial charge in [-0.15, -0.1) is 11.3 Å². The van der Waals surface area contributed by atoms with E-state index in [1.807, 2.05) is 0 Å². The first-order chi connectivity index (χ1) is 17.0. The average molecular weight is 563 g/mol. The molecule has 0 bridgehead atoms. The number of thiazole rings is 1. The Bertz CT molecular complexity index is 1260. The van der Waals surface area contributed by atoms with Crippen molar-refractivity contribution in [2.75, 3.05) is 11.9 Å². The third kappa shape index (κ3) is 6.87. The number of aryl methyl sites for hydroxylation is 1. The molecule has 0 fully saturated rings. The summed E-state index contributed by atoms with van der Waals surface area (Å²) in [4.78, 5) is 41.1. The molecule has 0 aromatic carbocycles. The van der Waals surface area contributed by atoms with Crippen molar-refractivity contribution in [3.05, 3.63) is 61.7 Å². The number of carbonyl (C=O) groups is 2. The van der Waals surface area contributed by atoms with Crippen LogP contribution in [-0.2, 0) is 12.6 Å². The van der Waals surface area contributed by atoms with Gasteiger partial charge in [0.1, 0.15) is 27.7 Å². The highest BCUT2D eigenvalue weighted by molar-refractivity contribution is 7.13. The van der Waals surface area contributed by atoms with E-state index in [0.29, 0.717) is 36.0 Å². The van der Waals surface area contributed by atoms with Crippen LogP contribution in [-0.4, -0.2) is 43.5 Å². The van der Waals surface area contributed by atoms with E-state index in [2.05, 4.69) is 30.6 Å². The lowest BCUT2D eigenvalue weighted by molar-refractivity contribution is -0.137. The normalized spacial score (nSPS) is 12.3. The monoisotopic (exact) mass is 562 g/mol. The molecule has 36 heavy (non-hydrogen) atoms. The smallest absolute Gasteiger partial charge is 0.396 e. The van der Waals surface area contributed by atoms with Crippen LogP contribution in [0.1, 0.15) is 62.2 Å². The predicted octanol–water partition coefficient (Wildman–Crippen LogP) is 4.71. The van der Waals surface area contributed by atoms with Gasteiger partial charge >= 0.3 is 6.18 Å². The van der Waals surface area contributed by atoms with Crippen molar-refractivity contribution < 1.29 is 27.9 Å². The molecule has 2 amide bonds. The van der Waals surface area contributed by atoms with Gasteiger partial charge in [0.15, 0.2) is 0 Å². The second-order valence-electron chi connectivity index (χ2n) is 7.42. The minimum atomic E-state index is -4.71. The summed E-state index contributed by atoms with van der Waals surface area (Å²) in [6.07, 6.45) is 0.212. The van der Waals surface area contributed by atoms with Gasteiger partial charge in [-0.25, -0.2) is 19.9 Å². The molecule has 0 spiro atoms. The number of anilines is 1. The summed E-state index contributed by atoms with van der Waals surface area (Å²) in [5.74, 6) is -1.64. The minimum Gasteiger partial charge on any atom is -0.396 e. The number of hydrogen-bond acceptors (Lipinski definition) is 8. The quantitative estimate of drug-likeness (QED) is 0.322. The number of unbranched alkanes of at least 4 members (excludes halogenated alkanes) is 1. The summed E-state index contributed by atoms with van der Waals surface area (Å²) >= 11 is 12.8. The maximum atomic E-state index is 13.0. The Kier molecular flexibility index (Phi) is 9.17. The topological polar surface area (TPSA) is 130 Å². The molecular formula is C21H19Cl2F3N6O3S. The summed E-state index contributed by atoms with van der Waals surface area (Å²) < 4.78 is 39.1. The number of hydrogen-bond donors (Lipinski definition) is 3. The molecule has 0 saturated heterocycles. The van der Waals surface area contributed by atoms with Crippen LogP contribution in [0.3, 0.4) is 0 Å². The van der Waals surface area contributed by atoms with Gasteiger partial charge in [-0.05, 0) is 32.3 Å². The molecule has 3 aromatic heterocycles. The molecule has 1 atom stereocenters. The largest absolute Gasteiger partial charge is 0.418 e. The zero-order chi connectivity index (χ0) is 26.5. The van der Waals surface area contributed by atoms with Crippen molar-refractivity contribution >= 4 is 52.2 Å². The van der Waals surface area contributed by atoms with E-state index in [1.54, 1.807) is 6.92 Å². The Morgan fingerprint density at radius 3 is 2.56 bits per heavy atom. The number of halogens is 5. The Morgan fingerprint density at radius 1 is 1.11 bits per heavy atom. The number of pyridine rings is 1. The van der Waals surface area contributed by atoms with E-state index in [1.165, 1.54) is 12.5 Å². The Balaban J connectivity index is 1.67. The number of nitrogens with zero attached hydrogens (tertiary/aromatic N) is 4. The second-order valence-corrected chi connectivity index (χ2v) is 9.27. The fraction of sp³-hybridized carbons (Fsp3) is 0.333. The number of nitrogens with one attached hydrogen (secondary N) is 2. The molecule has 3 rings (SSSR count). The standard InChI is InChI=1S/C21H19Cl2F3N6O3S/c1-10(31-19(35)17-16(23)13(29-9-30-17)4-2-3-5-33)20-28-8-14(36-20)18(34)32-15-6-11(21(24,25)26)12(22)7-27-15/h6-10,33H,2-5H2,1H3,(H,31,35)(H,27,32,34). The predicted molar refractivity (Wildman–Crippen MR) is 127 cm³/mol. The number of aliphatic hydroxyl groups is 1. The van der Waals surface area contributed by atoms with E-state index < -0.39 is 34.6 Å². The lowest BCUT2D eigenvalue weighted by atomic mass is 10.1. The maximum Gasteiger partial charge on any atom is 0.418 e. The summed E-state index contributed by atoms with van der Waals surface area (Å²) in [5.41, 5.74) is -0.673. The number of carbonyl (C=O) groups excluding carboxylic acids is 2. The van der Waals surface area contributed by atoms with Crippen LogP contribution in [0.25, 0.3) is 0 Å². The lowest BCUT2D eigenvalue weighted by Gasteiger charge is -2.12. The van der Waals surface area contributed by atoms with Crippen molar-refractivity contribution in [2.24, 2.45) is 0 Å². The summed E-state index contributed by atoms with van der Waals surface area (Å²) in [6.45, 7) is 1.66. The molecule has 0 radical (unpaired) electrons. The SMILES string of the molecule is CC(NC(=O)c1ncnc(CCCCO)c1Cl)c1ncc(C(=O)Nc2cc(C(F)(F)F)c(Cl)cn2)s1. The van der Waals surface area contributed by atoms with E-state index in [4.69, 9.17) is 28.3 Å². The van der Waals surface area contributed by atoms with Gasteiger partial charge in [-0.2, -0.15) is 13.2 Å². The zero-order valence-electron chi connectivity index (χ0n) is 18.6. The number of rotatable bonds is 9. The molecule has 9 nitrogen and oxygen atoms in total.